The Hall–Kier alpha value is -1.88. The Balaban J connectivity index is 1.55. The number of rotatable bonds is 7. The van der Waals surface area contributed by atoms with Gasteiger partial charge in [0.15, 0.2) is 0 Å². The third-order valence-electron chi connectivity index (χ3n) is 4.26. The molecule has 0 spiro atoms. The molecule has 2 aromatic carbocycles. The second kappa shape index (κ2) is 8.83. The van der Waals surface area contributed by atoms with Crippen molar-refractivity contribution in [3.05, 3.63) is 65.7 Å². The maximum Gasteiger partial charge on any atom is 0.120 e. The van der Waals surface area contributed by atoms with Crippen LogP contribution in [0.15, 0.2) is 54.6 Å². The van der Waals surface area contributed by atoms with Crippen LogP contribution < -0.4 is 10.5 Å². The largest absolute Gasteiger partial charge is 0.489 e. The Morgan fingerprint density at radius 1 is 1.08 bits per heavy atom. The van der Waals surface area contributed by atoms with Gasteiger partial charge in [-0.05, 0) is 36.2 Å². The number of nitrogens with two attached hydrogens (primary N) is 1. The van der Waals surface area contributed by atoms with E-state index in [9.17, 15) is 0 Å². The average molecular weight is 326 g/mol. The highest BCUT2D eigenvalue weighted by Gasteiger charge is 2.19. The van der Waals surface area contributed by atoms with E-state index in [1.807, 2.05) is 24.3 Å². The highest BCUT2D eigenvalue weighted by molar-refractivity contribution is 5.29. The molecule has 0 aliphatic carbocycles. The summed E-state index contributed by atoms with van der Waals surface area (Å²) >= 11 is 0. The minimum absolute atomic E-state index is 0.265. The molecule has 1 fully saturated rings. The third kappa shape index (κ3) is 5.06. The van der Waals surface area contributed by atoms with Crippen LogP contribution in [0.2, 0.25) is 0 Å². The van der Waals surface area contributed by atoms with Crippen molar-refractivity contribution in [2.75, 3.05) is 26.2 Å². The lowest BCUT2D eigenvalue weighted by Crippen LogP contribution is -2.42. The molecule has 0 aromatic heterocycles. The van der Waals surface area contributed by atoms with Crippen molar-refractivity contribution < 1.29 is 9.47 Å². The van der Waals surface area contributed by atoms with Crippen LogP contribution >= 0.6 is 0 Å². The molecule has 0 amide bonds. The number of nitrogens with zero attached hydrogens (tertiary/aromatic N) is 1. The Labute approximate surface area is 144 Å². The molecule has 1 heterocycles. The smallest absolute Gasteiger partial charge is 0.120 e. The van der Waals surface area contributed by atoms with Gasteiger partial charge in [0, 0.05) is 19.6 Å². The quantitative estimate of drug-likeness (QED) is 0.850. The summed E-state index contributed by atoms with van der Waals surface area (Å²) in [6.45, 7) is 4.91. The van der Waals surface area contributed by atoms with E-state index in [0.717, 1.165) is 38.4 Å². The zero-order chi connectivity index (χ0) is 16.6. The lowest BCUT2D eigenvalue weighted by atomic mass is 10.1. The van der Waals surface area contributed by atoms with Crippen LogP contribution in [0.5, 0.6) is 5.75 Å². The van der Waals surface area contributed by atoms with Crippen molar-refractivity contribution in [3.63, 3.8) is 0 Å². The second-order valence-electron chi connectivity index (χ2n) is 6.23. The van der Waals surface area contributed by atoms with Crippen molar-refractivity contribution in [2.45, 2.75) is 25.7 Å². The number of ether oxygens (including phenoxy) is 2. The Bertz CT molecular complexity index is 616. The van der Waals surface area contributed by atoms with Gasteiger partial charge in [-0.3, -0.25) is 4.90 Å². The van der Waals surface area contributed by atoms with Gasteiger partial charge in [0.1, 0.15) is 12.4 Å². The fraction of sp³-hybridized carbons (Fsp3) is 0.400. The summed E-state index contributed by atoms with van der Waals surface area (Å²) in [5.74, 6) is 0.920. The summed E-state index contributed by atoms with van der Waals surface area (Å²) in [4.78, 5) is 2.43. The van der Waals surface area contributed by atoms with Crippen LogP contribution in [0.25, 0.3) is 0 Å². The van der Waals surface area contributed by atoms with Crippen molar-refractivity contribution in [1.29, 1.82) is 0 Å². The first kappa shape index (κ1) is 17.0. The van der Waals surface area contributed by atoms with Crippen LogP contribution in [-0.4, -0.2) is 37.2 Å². The molecule has 1 saturated heterocycles. The van der Waals surface area contributed by atoms with Crippen molar-refractivity contribution >= 4 is 0 Å². The van der Waals surface area contributed by atoms with Gasteiger partial charge in [-0.1, -0.05) is 42.5 Å². The van der Waals surface area contributed by atoms with Gasteiger partial charge in [-0.2, -0.15) is 0 Å². The predicted molar refractivity (Wildman–Crippen MR) is 95.9 cm³/mol. The van der Waals surface area contributed by atoms with E-state index < -0.39 is 0 Å². The fourth-order valence-electron chi connectivity index (χ4n) is 3.02. The van der Waals surface area contributed by atoms with Crippen molar-refractivity contribution in [1.82, 2.24) is 4.90 Å². The molecule has 0 bridgehead atoms. The van der Waals surface area contributed by atoms with Crippen LogP contribution in [0.1, 0.15) is 17.5 Å². The van der Waals surface area contributed by atoms with Gasteiger partial charge in [0.2, 0.25) is 0 Å². The molecule has 0 radical (unpaired) electrons. The van der Waals surface area contributed by atoms with Crippen LogP contribution in [0.3, 0.4) is 0 Å². The molecule has 24 heavy (non-hydrogen) atoms. The summed E-state index contributed by atoms with van der Waals surface area (Å²) in [5, 5.41) is 0. The molecule has 1 aliphatic rings. The molecular weight excluding hydrogens is 300 g/mol. The van der Waals surface area contributed by atoms with Crippen LogP contribution in [0.4, 0.5) is 0 Å². The second-order valence-corrected chi connectivity index (χ2v) is 6.23. The molecular formula is C20H26N2O2. The molecule has 128 valence electrons. The third-order valence-corrected chi connectivity index (χ3v) is 4.26. The van der Waals surface area contributed by atoms with Crippen molar-refractivity contribution in [3.8, 4) is 5.75 Å². The molecule has 3 rings (SSSR count). The molecule has 0 saturated carbocycles. The first-order valence-corrected chi connectivity index (χ1v) is 8.63. The fourth-order valence-corrected chi connectivity index (χ4v) is 3.02. The monoisotopic (exact) mass is 326 g/mol. The summed E-state index contributed by atoms with van der Waals surface area (Å²) < 4.78 is 11.7. The van der Waals surface area contributed by atoms with Gasteiger partial charge in [-0.15, -0.1) is 0 Å². The maximum absolute atomic E-state index is 5.92. The molecule has 4 heteroatoms. The summed E-state index contributed by atoms with van der Waals surface area (Å²) in [7, 11) is 0. The Morgan fingerprint density at radius 2 is 1.92 bits per heavy atom. The SMILES string of the molecule is NCCC1CN(Cc2cccc(OCc3ccccc3)c2)CCO1. The molecule has 2 aromatic rings. The molecule has 4 nitrogen and oxygen atoms in total. The summed E-state index contributed by atoms with van der Waals surface area (Å²) in [5.41, 5.74) is 8.10. The molecule has 1 aliphatic heterocycles. The van der Waals surface area contributed by atoms with Gasteiger partial charge in [0.05, 0.1) is 12.7 Å². The van der Waals surface area contributed by atoms with E-state index in [0.29, 0.717) is 13.2 Å². The number of morpholine rings is 1. The van der Waals surface area contributed by atoms with Crippen molar-refractivity contribution in [2.24, 2.45) is 5.73 Å². The normalized spacial score (nSPS) is 18.5. The van der Waals surface area contributed by atoms with Crippen LogP contribution in [-0.2, 0) is 17.9 Å². The van der Waals surface area contributed by atoms with E-state index in [4.69, 9.17) is 15.2 Å². The summed E-state index contributed by atoms with van der Waals surface area (Å²) in [6.07, 6.45) is 1.19. The predicted octanol–water partition coefficient (Wildman–Crippen LogP) is 2.82. The van der Waals surface area contributed by atoms with Gasteiger partial charge in [-0.25, -0.2) is 0 Å². The average Bonchev–Trinajstić information content (AvgIpc) is 2.62. The van der Waals surface area contributed by atoms with Gasteiger partial charge >= 0.3 is 0 Å². The lowest BCUT2D eigenvalue weighted by molar-refractivity contribution is -0.0335. The zero-order valence-corrected chi connectivity index (χ0v) is 14.1. The first-order chi connectivity index (χ1) is 11.8. The van der Waals surface area contributed by atoms with E-state index in [-0.39, 0.29) is 6.10 Å². The Morgan fingerprint density at radius 3 is 2.75 bits per heavy atom. The summed E-state index contributed by atoms with van der Waals surface area (Å²) in [6, 6.07) is 18.6. The highest BCUT2D eigenvalue weighted by atomic mass is 16.5. The number of benzene rings is 2. The first-order valence-electron chi connectivity index (χ1n) is 8.63. The van der Waals surface area contributed by atoms with Gasteiger partial charge in [0.25, 0.3) is 0 Å². The molecule has 2 N–H and O–H groups in total. The number of hydrogen-bond donors (Lipinski definition) is 1. The van der Waals surface area contributed by atoms with Crippen LogP contribution in [0, 0.1) is 0 Å². The maximum atomic E-state index is 5.92. The minimum atomic E-state index is 0.265. The van der Waals surface area contributed by atoms with E-state index in [2.05, 4.69) is 35.2 Å². The topological polar surface area (TPSA) is 47.7 Å². The van der Waals surface area contributed by atoms with E-state index in [1.165, 1.54) is 11.1 Å². The zero-order valence-electron chi connectivity index (χ0n) is 14.1. The van der Waals surface area contributed by atoms with E-state index >= 15 is 0 Å². The number of hydrogen-bond acceptors (Lipinski definition) is 4. The Kier molecular flexibility index (Phi) is 6.24. The van der Waals surface area contributed by atoms with Gasteiger partial charge < -0.3 is 15.2 Å². The highest BCUT2D eigenvalue weighted by Crippen LogP contribution is 2.18. The standard InChI is InChI=1S/C20H26N2O2/c21-10-9-20-15-22(11-12-23-20)14-18-7-4-8-19(13-18)24-16-17-5-2-1-3-6-17/h1-8,13,20H,9-12,14-16,21H2. The lowest BCUT2D eigenvalue weighted by Gasteiger charge is -2.32. The van der Waals surface area contributed by atoms with E-state index in [1.54, 1.807) is 0 Å². The minimum Gasteiger partial charge on any atom is -0.489 e. The molecule has 1 unspecified atom stereocenters. The molecule has 1 atom stereocenters.